The van der Waals surface area contributed by atoms with Crippen molar-refractivity contribution in [3.8, 4) is 11.4 Å². The van der Waals surface area contributed by atoms with E-state index in [9.17, 15) is 14.4 Å². The highest BCUT2D eigenvalue weighted by molar-refractivity contribution is 6.02. The Labute approximate surface area is 148 Å². The second-order valence-corrected chi connectivity index (χ2v) is 5.60. The summed E-state index contributed by atoms with van der Waals surface area (Å²) >= 11 is 0. The predicted molar refractivity (Wildman–Crippen MR) is 95.0 cm³/mol. The molecule has 0 aliphatic carbocycles. The summed E-state index contributed by atoms with van der Waals surface area (Å²) in [6.45, 7) is 0. The Bertz CT molecular complexity index is 1080. The summed E-state index contributed by atoms with van der Waals surface area (Å²) in [5, 5.41) is 6.70. The zero-order valence-electron chi connectivity index (χ0n) is 14.5. The normalized spacial score (nSPS) is 10.6. The summed E-state index contributed by atoms with van der Waals surface area (Å²) in [6, 6.07) is 8.70. The molecule has 3 rings (SSSR count). The molecule has 3 aromatic rings. The maximum atomic E-state index is 12.4. The molecule has 0 radical (unpaired) electrons. The number of hydrogen-bond acceptors (Lipinski definition) is 5. The summed E-state index contributed by atoms with van der Waals surface area (Å²) in [5.74, 6) is 0.164. The molecule has 1 aromatic carbocycles. The molecule has 0 atom stereocenters. The lowest BCUT2D eigenvalue weighted by atomic mass is 10.3. The van der Waals surface area contributed by atoms with Crippen molar-refractivity contribution in [2.75, 3.05) is 12.4 Å². The van der Waals surface area contributed by atoms with Gasteiger partial charge in [-0.05, 0) is 30.3 Å². The van der Waals surface area contributed by atoms with Crippen molar-refractivity contribution >= 4 is 11.6 Å². The highest BCUT2D eigenvalue weighted by atomic mass is 16.5. The van der Waals surface area contributed by atoms with Crippen molar-refractivity contribution < 1.29 is 9.53 Å². The molecule has 9 nitrogen and oxygen atoms in total. The highest BCUT2D eigenvalue weighted by Gasteiger charge is 2.14. The van der Waals surface area contributed by atoms with Gasteiger partial charge in [-0.15, -0.1) is 0 Å². The SMILES string of the molecule is COc1ccc(-n2ccc(C(=O)Nc3cn(C)c(=O)n(C)c3=O)n2)cc1. The molecule has 0 unspecified atom stereocenters. The van der Waals surface area contributed by atoms with Crippen LogP contribution in [0.15, 0.2) is 52.3 Å². The first-order valence-electron chi connectivity index (χ1n) is 7.69. The van der Waals surface area contributed by atoms with Crippen molar-refractivity contribution in [3.05, 3.63) is 69.3 Å². The zero-order valence-corrected chi connectivity index (χ0v) is 14.5. The van der Waals surface area contributed by atoms with Gasteiger partial charge in [-0.1, -0.05) is 0 Å². The molecule has 1 amide bonds. The largest absolute Gasteiger partial charge is 0.497 e. The van der Waals surface area contributed by atoms with E-state index in [2.05, 4.69) is 10.4 Å². The summed E-state index contributed by atoms with van der Waals surface area (Å²) in [7, 11) is 4.42. The lowest BCUT2D eigenvalue weighted by molar-refractivity contribution is 0.102. The van der Waals surface area contributed by atoms with E-state index in [1.54, 1.807) is 37.6 Å². The van der Waals surface area contributed by atoms with E-state index >= 15 is 0 Å². The molecule has 0 spiro atoms. The molecule has 9 heteroatoms. The fourth-order valence-corrected chi connectivity index (χ4v) is 2.40. The Hall–Kier alpha value is -3.62. The third-order valence-electron chi connectivity index (χ3n) is 3.85. The average Bonchev–Trinajstić information content (AvgIpc) is 3.14. The minimum atomic E-state index is -0.587. The predicted octanol–water partition coefficient (Wildman–Crippen LogP) is 0.531. The minimum Gasteiger partial charge on any atom is -0.497 e. The van der Waals surface area contributed by atoms with Crippen LogP contribution in [0.4, 0.5) is 5.69 Å². The van der Waals surface area contributed by atoms with Gasteiger partial charge in [-0.3, -0.25) is 14.2 Å². The number of ether oxygens (including phenoxy) is 1. The maximum absolute atomic E-state index is 12.4. The molecule has 0 saturated carbocycles. The highest BCUT2D eigenvalue weighted by Crippen LogP contribution is 2.14. The lowest BCUT2D eigenvalue weighted by Crippen LogP contribution is -2.38. The first kappa shape index (κ1) is 17.2. The zero-order chi connectivity index (χ0) is 18.8. The number of methoxy groups -OCH3 is 1. The number of aryl methyl sites for hydroxylation is 1. The summed E-state index contributed by atoms with van der Waals surface area (Å²) in [6.07, 6.45) is 2.92. The van der Waals surface area contributed by atoms with Crippen LogP contribution in [0.3, 0.4) is 0 Å². The third kappa shape index (κ3) is 3.14. The Balaban J connectivity index is 1.85. The first-order chi connectivity index (χ1) is 12.4. The van der Waals surface area contributed by atoms with E-state index in [1.165, 1.54) is 35.6 Å². The Morgan fingerprint density at radius 1 is 1.12 bits per heavy atom. The van der Waals surface area contributed by atoms with Gasteiger partial charge in [0, 0.05) is 26.5 Å². The smallest absolute Gasteiger partial charge is 0.330 e. The summed E-state index contributed by atoms with van der Waals surface area (Å²) < 4.78 is 8.78. The van der Waals surface area contributed by atoms with Crippen molar-refractivity contribution in [3.63, 3.8) is 0 Å². The van der Waals surface area contributed by atoms with Gasteiger partial charge in [-0.25, -0.2) is 9.48 Å². The standard InChI is InChI=1S/C17H17N5O4/c1-20-10-14(16(24)21(2)17(20)25)18-15(23)13-8-9-22(19-13)11-4-6-12(26-3)7-5-11/h4-10H,1-3H3,(H,18,23). The molecular weight excluding hydrogens is 338 g/mol. The van der Waals surface area contributed by atoms with Gasteiger partial charge in [0.25, 0.3) is 11.5 Å². The average molecular weight is 355 g/mol. The van der Waals surface area contributed by atoms with Crippen LogP contribution >= 0.6 is 0 Å². The molecule has 0 bridgehead atoms. The second kappa shape index (κ2) is 6.71. The molecule has 134 valence electrons. The van der Waals surface area contributed by atoms with E-state index in [0.29, 0.717) is 5.75 Å². The number of hydrogen-bond donors (Lipinski definition) is 1. The first-order valence-corrected chi connectivity index (χ1v) is 7.69. The van der Waals surface area contributed by atoms with Crippen LogP contribution in [0.2, 0.25) is 0 Å². The molecule has 1 N–H and O–H groups in total. The Morgan fingerprint density at radius 3 is 2.46 bits per heavy atom. The lowest BCUT2D eigenvalue weighted by Gasteiger charge is -2.07. The number of nitrogens with one attached hydrogen (secondary N) is 1. The van der Waals surface area contributed by atoms with E-state index < -0.39 is 17.2 Å². The molecule has 0 aliphatic heterocycles. The van der Waals surface area contributed by atoms with Crippen LogP contribution in [0.25, 0.3) is 5.69 Å². The number of anilines is 1. The molecule has 0 fully saturated rings. The molecule has 2 heterocycles. The van der Waals surface area contributed by atoms with Gasteiger partial charge in [0.15, 0.2) is 5.69 Å². The maximum Gasteiger partial charge on any atom is 0.330 e. The van der Waals surface area contributed by atoms with Gasteiger partial charge in [0.2, 0.25) is 0 Å². The van der Waals surface area contributed by atoms with Crippen LogP contribution in [0, 0.1) is 0 Å². The van der Waals surface area contributed by atoms with Crippen molar-refractivity contribution in [1.29, 1.82) is 0 Å². The molecule has 0 saturated heterocycles. The van der Waals surface area contributed by atoms with E-state index in [1.807, 2.05) is 0 Å². The van der Waals surface area contributed by atoms with Crippen LogP contribution in [0.1, 0.15) is 10.5 Å². The fraction of sp³-hybridized carbons (Fsp3) is 0.176. The van der Waals surface area contributed by atoms with Gasteiger partial charge in [0.05, 0.1) is 12.8 Å². The molecular formula is C17H17N5O4. The Morgan fingerprint density at radius 2 is 1.81 bits per heavy atom. The number of carbonyl (C=O) groups excluding carboxylic acids is 1. The monoisotopic (exact) mass is 355 g/mol. The third-order valence-corrected chi connectivity index (χ3v) is 3.85. The van der Waals surface area contributed by atoms with Crippen LogP contribution in [-0.4, -0.2) is 31.9 Å². The van der Waals surface area contributed by atoms with E-state index in [-0.39, 0.29) is 11.4 Å². The number of aromatic nitrogens is 4. The van der Waals surface area contributed by atoms with Crippen LogP contribution < -0.4 is 21.3 Å². The van der Waals surface area contributed by atoms with Gasteiger partial charge < -0.3 is 14.6 Å². The number of amides is 1. The van der Waals surface area contributed by atoms with Crippen molar-refractivity contribution in [1.82, 2.24) is 18.9 Å². The number of carbonyl (C=O) groups is 1. The van der Waals surface area contributed by atoms with Gasteiger partial charge >= 0.3 is 5.69 Å². The second-order valence-electron chi connectivity index (χ2n) is 5.60. The van der Waals surface area contributed by atoms with Gasteiger partial charge in [-0.2, -0.15) is 5.10 Å². The summed E-state index contributed by atoms with van der Waals surface area (Å²) in [5.41, 5.74) is -0.175. The van der Waals surface area contributed by atoms with E-state index in [4.69, 9.17) is 4.74 Å². The number of rotatable bonds is 4. The number of nitrogens with zero attached hydrogens (tertiary/aromatic N) is 4. The van der Waals surface area contributed by atoms with Crippen molar-refractivity contribution in [2.45, 2.75) is 0 Å². The minimum absolute atomic E-state index is 0.00130. The summed E-state index contributed by atoms with van der Waals surface area (Å²) in [4.78, 5) is 36.2. The topological polar surface area (TPSA) is 100 Å². The number of benzene rings is 1. The van der Waals surface area contributed by atoms with Gasteiger partial charge in [0.1, 0.15) is 11.4 Å². The van der Waals surface area contributed by atoms with Crippen LogP contribution in [0.5, 0.6) is 5.75 Å². The molecule has 2 aromatic heterocycles. The quantitative estimate of drug-likeness (QED) is 0.736. The Kier molecular flexibility index (Phi) is 4.44. The molecule has 26 heavy (non-hydrogen) atoms. The molecule has 0 aliphatic rings. The van der Waals surface area contributed by atoms with E-state index in [0.717, 1.165) is 10.3 Å². The van der Waals surface area contributed by atoms with Crippen LogP contribution in [-0.2, 0) is 14.1 Å². The van der Waals surface area contributed by atoms with Crippen molar-refractivity contribution in [2.24, 2.45) is 14.1 Å². The fourth-order valence-electron chi connectivity index (χ4n) is 2.40.